The van der Waals surface area contributed by atoms with Crippen LogP contribution < -0.4 is 10.2 Å². The van der Waals surface area contributed by atoms with Crippen molar-refractivity contribution in [2.45, 2.75) is 13.0 Å². The molecule has 0 fully saturated rings. The third-order valence-corrected chi connectivity index (χ3v) is 3.72. The van der Waals surface area contributed by atoms with Gasteiger partial charge in [-0.1, -0.05) is 23.7 Å². The van der Waals surface area contributed by atoms with Gasteiger partial charge in [0.25, 0.3) is 0 Å². The Labute approximate surface area is 118 Å². The second-order valence-corrected chi connectivity index (χ2v) is 5.25. The van der Waals surface area contributed by atoms with Crippen molar-refractivity contribution in [2.75, 3.05) is 23.8 Å². The molecular weight excluding hydrogens is 258 g/mol. The van der Waals surface area contributed by atoms with Crippen molar-refractivity contribution in [1.29, 1.82) is 0 Å². The molecule has 0 saturated carbocycles. The smallest absolute Gasteiger partial charge is 0.129 e. The second-order valence-electron chi connectivity index (χ2n) is 4.86. The van der Waals surface area contributed by atoms with E-state index in [4.69, 9.17) is 11.6 Å². The standard InChI is InChI=1S/C15H16ClN3/c1-19-7-6-12-8-11(2-4-14(12)19)9-17-13-3-5-15(16)18-10-13/h2-5,8,10,17H,6-7,9H2,1H3. The molecule has 0 unspecified atom stereocenters. The summed E-state index contributed by atoms with van der Waals surface area (Å²) in [4.78, 5) is 6.36. The number of benzene rings is 1. The number of nitrogens with zero attached hydrogens (tertiary/aromatic N) is 2. The van der Waals surface area contributed by atoms with Crippen molar-refractivity contribution < 1.29 is 0 Å². The molecule has 0 atom stereocenters. The summed E-state index contributed by atoms with van der Waals surface area (Å²) in [7, 11) is 2.14. The van der Waals surface area contributed by atoms with Crippen molar-refractivity contribution in [3.05, 3.63) is 52.8 Å². The molecule has 4 heteroatoms. The van der Waals surface area contributed by atoms with Gasteiger partial charge in [0.15, 0.2) is 0 Å². The van der Waals surface area contributed by atoms with E-state index in [1.807, 2.05) is 6.07 Å². The third kappa shape index (κ3) is 2.66. The van der Waals surface area contributed by atoms with E-state index < -0.39 is 0 Å². The van der Waals surface area contributed by atoms with E-state index >= 15 is 0 Å². The minimum Gasteiger partial charge on any atom is -0.380 e. The van der Waals surface area contributed by atoms with Gasteiger partial charge < -0.3 is 10.2 Å². The van der Waals surface area contributed by atoms with Gasteiger partial charge in [0.2, 0.25) is 0 Å². The lowest BCUT2D eigenvalue weighted by atomic mass is 10.1. The average Bonchev–Trinajstić information content (AvgIpc) is 2.79. The molecule has 0 amide bonds. The quantitative estimate of drug-likeness (QED) is 0.870. The van der Waals surface area contributed by atoms with Crippen LogP contribution in [0.25, 0.3) is 0 Å². The highest BCUT2D eigenvalue weighted by molar-refractivity contribution is 6.29. The summed E-state index contributed by atoms with van der Waals surface area (Å²) in [6.45, 7) is 1.92. The maximum Gasteiger partial charge on any atom is 0.129 e. The Morgan fingerprint density at radius 2 is 2.21 bits per heavy atom. The van der Waals surface area contributed by atoms with Crippen molar-refractivity contribution in [1.82, 2.24) is 4.98 Å². The monoisotopic (exact) mass is 273 g/mol. The van der Waals surface area contributed by atoms with Crippen LogP contribution in [0.1, 0.15) is 11.1 Å². The predicted molar refractivity (Wildman–Crippen MR) is 80.0 cm³/mol. The molecule has 1 aliphatic rings. The van der Waals surface area contributed by atoms with Gasteiger partial charge in [-0.25, -0.2) is 4.98 Å². The zero-order valence-electron chi connectivity index (χ0n) is 10.9. The Hall–Kier alpha value is -1.74. The van der Waals surface area contributed by atoms with Crippen LogP contribution in [0.3, 0.4) is 0 Å². The van der Waals surface area contributed by atoms with Gasteiger partial charge in [0.05, 0.1) is 11.9 Å². The van der Waals surface area contributed by atoms with E-state index in [1.165, 1.54) is 16.8 Å². The fourth-order valence-electron chi connectivity index (χ4n) is 2.41. The maximum absolute atomic E-state index is 5.76. The number of likely N-dealkylation sites (N-methyl/N-ethyl adjacent to an activating group) is 1. The van der Waals surface area contributed by atoms with Gasteiger partial charge in [-0.05, 0) is 35.7 Å². The number of aromatic nitrogens is 1. The van der Waals surface area contributed by atoms with Crippen molar-refractivity contribution >= 4 is 23.0 Å². The summed E-state index contributed by atoms with van der Waals surface area (Å²) in [6.07, 6.45) is 2.89. The van der Waals surface area contributed by atoms with E-state index in [0.29, 0.717) is 5.15 Å². The van der Waals surface area contributed by atoms with Gasteiger partial charge >= 0.3 is 0 Å². The molecule has 0 saturated heterocycles. The number of hydrogen-bond donors (Lipinski definition) is 1. The molecule has 0 radical (unpaired) electrons. The van der Waals surface area contributed by atoms with Crippen LogP contribution in [0, 0.1) is 0 Å². The lowest BCUT2D eigenvalue weighted by Crippen LogP contribution is -2.12. The minimum absolute atomic E-state index is 0.520. The van der Waals surface area contributed by atoms with E-state index in [0.717, 1.165) is 25.2 Å². The van der Waals surface area contributed by atoms with E-state index in [-0.39, 0.29) is 0 Å². The van der Waals surface area contributed by atoms with Crippen LogP contribution in [0.2, 0.25) is 5.15 Å². The summed E-state index contributed by atoms with van der Waals surface area (Å²) in [5.41, 5.74) is 5.08. The van der Waals surface area contributed by atoms with Crippen molar-refractivity contribution in [3.8, 4) is 0 Å². The SMILES string of the molecule is CN1CCc2cc(CNc3ccc(Cl)nc3)ccc21. The molecule has 2 aromatic rings. The van der Waals surface area contributed by atoms with Gasteiger partial charge in [0, 0.05) is 25.8 Å². The third-order valence-electron chi connectivity index (χ3n) is 3.50. The van der Waals surface area contributed by atoms with Crippen molar-refractivity contribution in [2.24, 2.45) is 0 Å². The first-order valence-electron chi connectivity index (χ1n) is 6.41. The maximum atomic E-state index is 5.76. The van der Waals surface area contributed by atoms with Gasteiger partial charge in [-0.15, -0.1) is 0 Å². The Kier molecular flexibility index (Phi) is 3.30. The zero-order valence-corrected chi connectivity index (χ0v) is 11.6. The second kappa shape index (κ2) is 5.10. The molecule has 3 rings (SSSR count). The number of hydrogen-bond acceptors (Lipinski definition) is 3. The number of fused-ring (bicyclic) bond motifs is 1. The van der Waals surface area contributed by atoms with Crippen LogP contribution in [0.4, 0.5) is 11.4 Å². The molecule has 0 aliphatic carbocycles. The van der Waals surface area contributed by atoms with Crippen LogP contribution in [-0.4, -0.2) is 18.6 Å². The average molecular weight is 274 g/mol. The Balaban J connectivity index is 1.69. The molecule has 3 nitrogen and oxygen atoms in total. The molecule has 0 bridgehead atoms. The lowest BCUT2D eigenvalue weighted by molar-refractivity contribution is 0.955. The fraction of sp³-hybridized carbons (Fsp3) is 0.267. The molecule has 2 heterocycles. The number of pyridine rings is 1. The fourth-order valence-corrected chi connectivity index (χ4v) is 2.53. The highest BCUT2D eigenvalue weighted by atomic mass is 35.5. The number of nitrogens with one attached hydrogen (secondary N) is 1. The summed E-state index contributed by atoms with van der Waals surface area (Å²) < 4.78 is 0. The molecule has 1 aromatic carbocycles. The summed E-state index contributed by atoms with van der Waals surface area (Å²) >= 11 is 5.76. The summed E-state index contributed by atoms with van der Waals surface area (Å²) in [6, 6.07) is 10.4. The number of anilines is 2. The van der Waals surface area contributed by atoms with Crippen LogP contribution in [-0.2, 0) is 13.0 Å². The first kappa shape index (κ1) is 12.3. The highest BCUT2D eigenvalue weighted by Gasteiger charge is 2.15. The van der Waals surface area contributed by atoms with Crippen LogP contribution >= 0.6 is 11.6 Å². The van der Waals surface area contributed by atoms with Gasteiger partial charge in [-0.2, -0.15) is 0 Å². The topological polar surface area (TPSA) is 28.2 Å². The van der Waals surface area contributed by atoms with Gasteiger partial charge in [-0.3, -0.25) is 0 Å². The van der Waals surface area contributed by atoms with Crippen LogP contribution in [0.15, 0.2) is 36.5 Å². The van der Waals surface area contributed by atoms with Crippen molar-refractivity contribution in [3.63, 3.8) is 0 Å². The minimum atomic E-state index is 0.520. The number of halogens is 1. The van der Waals surface area contributed by atoms with E-state index in [2.05, 4.69) is 40.4 Å². The first-order chi connectivity index (χ1) is 9.22. The lowest BCUT2D eigenvalue weighted by Gasteiger charge is -2.12. The van der Waals surface area contributed by atoms with Crippen LogP contribution in [0.5, 0.6) is 0 Å². The normalized spacial score (nSPS) is 13.5. The molecular formula is C15H16ClN3. The van der Waals surface area contributed by atoms with Gasteiger partial charge in [0.1, 0.15) is 5.15 Å². The first-order valence-corrected chi connectivity index (χ1v) is 6.78. The highest BCUT2D eigenvalue weighted by Crippen LogP contribution is 2.27. The molecule has 0 spiro atoms. The molecule has 98 valence electrons. The van der Waals surface area contributed by atoms with E-state index in [1.54, 1.807) is 12.3 Å². The zero-order chi connectivity index (χ0) is 13.2. The molecule has 1 aromatic heterocycles. The Morgan fingerprint density at radius 1 is 1.32 bits per heavy atom. The predicted octanol–water partition coefficient (Wildman–Crippen LogP) is 3.34. The Bertz CT molecular complexity index is 580. The van der Waals surface area contributed by atoms with E-state index in [9.17, 15) is 0 Å². The summed E-state index contributed by atoms with van der Waals surface area (Å²) in [5, 5.41) is 3.88. The molecule has 1 aliphatic heterocycles. The summed E-state index contributed by atoms with van der Waals surface area (Å²) in [5.74, 6) is 0. The number of rotatable bonds is 3. The molecule has 19 heavy (non-hydrogen) atoms. The molecule has 1 N–H and O–H groups in total. The Morgan fingerprint density at radius 3 is 3.00 bits per heavy atom. The largest absolute Gasteiger partial charge is 0.380 e.